The van der Waals surface area contributed by atoms with Gasteiger partial charge in [0.1, 0.15) is 23.7 Å². The first kappa shape index (κ1) is 17.0. The number of nitrogens with one attached hydrogen (secondary N) is 3. The molecule has 26 heavy (non-hydrogen) atoms. The molecule has 1 aliphatic heterocycles. The predicted molar refractivity (Wildman–Crippen MR) is 98.5 cm³/mol. The van der Waals surface area contributed by atoms with Crippen molar-refractivity contribution in [2.24, 2.45) is 5.92 Å². The normalized spacial score (nSPS) is 17.7. The number of fused-ring (bicyclic) bond motifs is 1. The molecule has 136 valence electrons. The van der Waals surface area contributed by atoms with Crippen LogP contribution in [0.25, 0.3) is 0 Å². The molecule has 0 unspecified atom stereocenters. The van der Waals surface area contributed by atoms with Gasteiger partial charge in [-0.25, -0.2) is 9.97 Å². The summed E-state index contributed by atoms with van der Waals surface area (Å²) in [5.74, 6) is 0.844. The summed E-state index contributed by atoms with van der Waals surface area (Å²) in [6.07, 6.45) is 3.16. The maximum atomic E-state index is 12.9. The smallest absolute Gasteiger partial charge is 0.276 e. The molecule has 0 aromatic carbocycles. The fourth-order valence-electron chi connectivity index (χ4n) is 3.05. The highest BCUT2D eigenvalue weighted by atomic mass is 35.5. The number of pyridine rings is 1. The Morgan fingerprint density at radius 3 is 2.77 bits per heavy atom. The van der Waals surface area contributed by atoms with Gasteiger partial charge in [0.05, 0.1) is 16.4 Å². The summed E-state index contributed by atoms with van der Waals surface area (Å²) in [7, 11) is 0. The second-order valence-corrected chi connectivity index (χ2v) is 7.49. The predicted octanol–water partition coefficient (Wildman–Crippen LogP) is 2.18. The van der Waals surface area contributed by atoms with E-state index in [1.807, 2.05) is 13.8 Å². The van der Waals surface area contributed by atoms with Crippen molar-refractivity contribution in [3.8, 4) is 0 Å². The zero-order chi connectivity index (χ0) is 18.5. The number of amides is 1. The summed E-state index contributed by atoms with van der Waals surface area (Å²) in [6.45, 7) is 4.37. The molecule has 0 atom stereocenters. The lowest BCUT2D eigenvalue weighted by Crippen LogP contribution is -2.41. The first-order chi connectivity index (χ1) is 12.3. The molecule has 2 aromatic heterocycles. The van der Waals surface area contributed by atoms with Gasteiger partial charge < -0.3 is 10.6 Å². The van der Waals surface area contributed by atoms with Crippen LogP contribution < -0.4 is 21.5 Å². The van der Waals surface area contributed by atoms with Gasteiger partial charge >= 0.3 is 0 Å². The van der Waals surface area contributed by atoms with Gasteiger partial charge in [-0.15, -0.1) is 0 Å². The molecule has 2 aromatic rings. The first-order valence-electron chi connectivity index (χ1n) is 8.45. The topological polar surface area (TPSA) is 101 Å². The van der Waals surface area contributed by atoms with E-state index in [0.717, 1.165) is 18.5 Å². The number of nitrogens with zero attached hydrogens (tertiary/aromatic N) is 3. The zero-order valence-electron chi connectivity index (χ0n) is 14.5. The number of anilines is 3. The maximum Gasteiger partial charge on any atom is 0.276 e. The Kier molecular flexibility index (Phi) is 3.96. The third-order valence-electron chi connectivity index (χ3n) is 4.63. The largest absolute Gasteiger partial charge is 0.336 e. The molecular formula is C17H19ClN6O2. The summed E-state index contributed by atoms with van der Waals surface area (Å²) in [6, 6.07) is 3.19. The second kappa shape index (κ2) is 6.07. The van der Waals surface area contributed by atoms with Crippen LogP contribution in [0.5, 0.6) is 0 Å². The molecule has 3 N–H and O–H groups in total. The van der Waals surface area contributed by atoms with Gasteiger partial charge in [0.15, 0.2) is 0 Å². The fraction of sp³-hybridized carbons (Fsp3) is 0.412. The molecule has 1 amide bonds. The lowest BCUT2D eigenvalue weighted by molar-refractivity contribution is -0.117. The average molecular weight is 375 g/mol. The lowest BCUT2D eigenvalue weighted by atomic mass is 10.2. The first-order valence-corrected chi connectivity index (χ1v) is 8.83. The van der Waals surface area contributed by atoms with Gasteiger partial charge in [0, 0.05) is 18.5 Å². The third kappa shape index (κ3) is 3.06. The van der Waals surface area contributed by atoms with Crippen LogP contribution in [0.15, 0.2) is 23.3 Å². The minimum Gasteiger partial charge on any atom is -0.336 e. The van der Waals surface area contributed by atoms with Gasteiger partial charge in [-0.2, -0.15) is 0 Å². The molecule has 9 heteroatoms. The Bertz CT molecular complexity index is 951. The highest BCUT2D eigenvalue weighted by Gasteiger charge is 2.32. The van der Waals surface area contributed by atoms with Crippen LogP contribution in [0.2, 0.25) is 5.02 Å². The lowest BCUT2D eigenvalue weighted by Gasteiger charge is -2.23. The highest BCUT2D eigenvalue weighted by molar-refractivity contribution is 6.31. The Morgan fingerprint density at radius 1 is 1.31 bits per heavy atom. The molecule has 0 radical (unpaired) electrons. The van der Waals surface area contributed by atoms with Crippen molar-refractivity contribution in [2.75, 3.05) is 10.6 Å². The van der Waals surface area contributed by atoms with Crippen LogP contribution >= 0.6 is 11.6 Å². The van der Waals surface area contributed by atoms with Crippen LogP contribution in [0, 0.1) is 5.92 Å². The molecule has 1 fully saturated rings. The molecule has 4 rings (SSSR count). The van der Waals surface area contributed by atoms with E-state index in [1.165, 1.54) is 6.33 Å². The number of hydrogen-bond donors (Lipinski definition) is 3. The minimum atomic E-state index is -0.525. The summed E-state index contributed by atoms with van der Waals surface area (Å²) in [4.78, 5) is 32.9. The van der Waals surface area contributed by atoms with Crippen molar-refractivity contribution >= 4 is 34.8 Å². The van der Waals surface area contributed by atoms with Crippen molar-refractivity contribution in [3.63, 3.8) is 0 Å². The molecule has 1 saturated carbocycles. The number of carbonyl (C=O) groups is 1. The Morgan fingerprint density at radius 2 is 2.04 bits per heavy atom. The third-order valence-corrected chi connectivity index (χ3v) is 4.95. The van der Waals surface area contributed by atoms with E-state index in [2.05, 4.69) is 25.9 Å². The van der Waals surface area contributed by atoms with Gasteiger partial charge in [0.25, 0.3) is 5.56 Å². The number of halogens is 1. The van der Waals surface area contributed by atoms with E-state index in [4.69, 9.17) is 11.6 Å². The van der Waals surface area contributed by atoms with Gasteiger partial charge in [-0.05, 0) is 32.8 Å². The number of hydrogen-bond acceptors (Lipinski definition) is 6. The van der Waals surface area contributed by atoms with Crippen molar-refractivity contribution in [1.29, 1.82) is 0 Å². The molecule has 0 bridgehead atoms. The van der Waals surface area contributed by atoms with Crippen LogP contribution in [-0.2, 0) is 17.0 Å². The number of rotatable bonds is 4. The molecule has 8 nitrogen and oxygen atoms in total. The van der Waals surface area contributed by atoms with Gasteiger partial charge in [-0.3, -0.25) is 19.5 Å². The van der Waals surface area contributed by atoms with E-state index in [-0.39, 0.29) is 17.4 Å². The van der Waals surface area contributed by atoms with Crippen molar-refractivity contribution in [1.82, 2.24) is 19.9 Å². The van der Waals surface area contributed by atoms with Crippen LogP contribution in [0.3, 0.4) is 0 Å². The van der Waals surface area contributed by atoms with Crippen molar-refractivity contribution < 1.29 is 4.79 Å². The highest BCUT2D eigenvalue weighted by Crippen LogP contribution is 2.30. The molecule has 0 saturated heterocycles. The number of carbonyl (C=O) groups excluding carboxylic acids is 1. The van der Waals surface area contributed by atoms with Crippen molar-refractivity contribution in [3.05, 3.63) is 39.5 Å². The van der Waals surface area contributed by atoms with E-state index in [0.29, 0.717) is 28.9 Å². The number of aromatic nitrogens is 3. The molecule has 1 aliphatic carbocycles. The molecular weight excluding hydrogens is 356 g/mol. The average Bonchev–Trinajstić information content (AvgIpc) is 3.37. The van der Waals surface area contributed by atoms with Gasteiger partial charge in [-0.1, -0.05) is 11.6 Å². The minimum absolute atomic E-state index is 0.0388. The Labute approximate surface area is 155 Å². The van der Waals surface area contributed by atoms with E-state index >= 15 is 0 Å². The summed E-state index contributed by atoms with van der Waals surface area (Å²) >= 11 is 6.35. The second-order valence-electron chi connectivity index (χ2n) is 7.08. The van der Waals surface area contributed by atoms with Crippen LogP contribution in [0.1, 0.15) is 32.4 Å². The Hall–Kier alpha value is -2.45. The van der Waals surface area contributed by atoms with E-state index in [9.17, 15) is 9.59 Å². The summed E-state index contributed by atoms with van der Waals surface area (Å²) in [5.41, 5.74) is 0.352. The van der Waals surface area contributed by atoms with E-state index < -0.39 is 5.66 Å². The van der Waals surface area contributed by atoms with Crippen LogP contribution in [-0.4, -0.2) is 20.4 Å². The summed E-state index contributed by atoms with van der Waals surface area (Å²) in [5, 5.41) is 9.51. The molecule has 3 heterocycles. The van der Waals surface area contributed by atoms with E-state index in [1.54, 1.807) is 16.7 Å². The zero-order valence-corrected chi connectivity index (χ0v) is 15.2. The summed E-state index contributed by atoms with van der Waals surface area (Å²) < 4.78 is 1.65. The Balaban J connectivity index is 1.63. The SMILES string of the molecule is CC1(C)NCc2c(Cl)cc(Nc3cc(NC(=O)C4CC4)ncn3)c(=O)n21. The quantitative estimate of drug-likeness (QED) is 0.758. The fourth-order valence-corrected chi connectivity index (χ4v) is 3.31. The van der Waals surface area contributed by atoms with Crippen LogP contribution in [0.4, 0.5) is 17.3 Å². The van der Waals surface area contributed by atoms with Crippen molar-refractivity contribution in [2.45, 2.75) is 38.9 Å². The monoisotopic (exact) mass is 374 g/mol. The molecule has 2 aliphatic rings. The maximum absolute atomic E-state index is 12.9. The molecule has 0 spiro atoms. The standard InChI is InChI=1S/C17H19ClN6O2/c1-17(2)21-7-12-10(18)5-11(16(26)24(12)17)22-13-6-14(20-8-19-13)23-15(25)9-3-4-9/h5-6,8-9,21H,3-4,7H2,1-2H3,(H2,19,20,22,23,25). The van der Waals surface area contributed by atoms with Gasteiger partial charge in [0.2, 0.25) is 5.91 Å².